The van der Waals surface area contributed by atoms with E-state index in [0.717, 1.165) is 5.75 Å². The van der Waals surface area contributed by atoms with Crippen LogP contribution in [0.5, 0.6) is 5.75 Å². The van der Waals surface area contributed by atoms with E-state index in [4.69, 9.17) is 4.74 Å². The van der Waals surface area contributed by atoms with E-state index in [2.05, 4.69) is 55.8 Å². The second-order valence-corrected chi connectivity index (χ2v) is 5.54. The van der Waals surface area contributed by atoms with Gasteiger partial charge in [-0.15, -0.1) is 0 Å². The molecule has 0 spiro atoms. The van der Waals surface area contributed by atoms with E-state index in [1.807, 2.05) is 0 Å². The van der Waals surface area contributed by atoms with Crippen molar-refractivity contribution in [3.8, 4) is 5.75 Å². The number of rotatable bonds is 3. The summed E-state index contributed by atoms with van der Waals surface area (Å²) >= 11 is 3.63. The summed E-state index contributed by atoms with van der Waals surface area (Å²) in [6, 6.07) is 4.34. The number of alkyl halides is 1. The van der Waals surface area contributed by atoms with E-state index in [1.54, 1.807) is 7.11 Å². The van der Waals surface area contributed by atoms with Crippen LogP contribution in [-0.2, 0) is 0 Å². The zero-order valence-corrected chi connectivity index (χ0v) is 11.7. The van der Waals surface area contributed by atoms with Gasteiger partial charge in [-0.25, -0.2) is 0 Å². The van der Waals surface area contributed by atoms with Gasteiger partial charge < -0.3 is 4.74 Å². The number of hydrogen-bond acceptors (Lipinski definition) is 1. The van der Waals surface area contributed by atoms with Gasteiger partial charge in [-0.2, -0.15) is 0 Å². The van der Waals surface area contributed by atoms with Crippen molar-refractivity contribution in [1.82, 2.24) is 0 Å². The van der Waals surface area contributed by atoms with E-state index in [0.29, 0.717) is 10.7 Å². The van der Waals surface area contributed by atoms with Gasteiger partial charge in [0.05, 0.1) is 7.11 Å². The summed E-state index contributed by atoms with van der Waals surface area (Å²) in [5, 5.41) is 0. The molecule has 0 aliphatic carbocycles. The molecule has 1 nitrogen and oxygen atoms in total. The maximum Gasteiger partial charge on any atom is 0.125 e. The molecule has 0 N–H and O–H groups in total. The van der Waals surface area contributed by atoms with Crippen molar-refractivity contribution in [3.63, 3.8) is 0 Å². The fourth-order valence-corrected chi connectivity index (χ4v) is 1.97. The second-order valence-electron chi connectivity index (χ2n) is 4.10. The highest BCUT2D eigenvalue weighted by Crippen LogP contribution is 2.35. The summed E-state index contributed by atoms with van der Waals surface area (Å²) < 4.78 is 5.51. The van der Waals surface area contributed by atoms with Gasteiger partial charge in [0.2, 0.25) is 0 Å². The fraction of sp³-hybridized carbons (Fsp3) is 0.538. The molecule has 0 saturated carbocycles. The highest BCUT2D eigenvalue weighted by atomic mass is 79.9. The molecular formula is C13H19BrO. The number of halogens is 1. The smallest absolute Gasteiger partial charge is 0.125 e. The highest BCUT2D eigenvalue weighted by Gasteiger charge is 2.17. The predicted octanol–water partition coefficient (Wildman–Crippen LogP) is 4.20. The minimum atomic E-state index is 0.452. The average molecular weight is 271 g/mol. The first-order valence-electron chi connectivity index (χ1n) is 5.27. The number of methoxy groups -OCH3 is 1. The first-order valence-corrected chi connectivity index (χ1v) is 6.18. The van der Waals surface area contributed by atoms with Crippen molar-refractivity contribution in [2.24, 2.45) is 0 Å². The lowest BCUT2D eigenvalue weighted by Crippen LogP contribution is -2.07. The molecule has 0 bridgehead atoms. The van der Waals surface area contributed by atoms with Gasteiger partial charge in [0, 0.05) is 4.83 Å². The van der Waals surface area contributed by atoms with Crippen LogP contribution in [0.4, 0.5) is 0 Å². The standard InChI is InChI=1S/C13H19BrO/c1-8-6-7-12(10(3)11(4)14)13(15-5)9(8)2/h6-7,10-11H,1-5H3. The molecule has 2 atom stereocenters. The number of benzene rings is 1. The highest BCUT2D eigenvalue weighted by molar-refractivity contribution is 9.09. The Balaban J connectivity index is 3.24. The third-order valence-corrected chi connectivity index (χ3v) is 3.88. The Morgan fingerprint density at radius 3 is 2.27 bits per heavy atom. The zero-order chi connectivity index (χ0) is 11.6. The van der Waals surface area contributed by atoms with E-state index in [-0.39, 0.29) is 0 Å². The molecule has 1 rings (SSSR count). The lowest BCUT2D eigenvalue weighted by molar-refractivity contribution is 0.403. The Labute approximate surface area is 101 Å². The molecular weight excluding hydrogens is 252 g/mol. The topological polar surface area (TPSA) is 9.23 Å². The third-order valence-electron chi connectivity index (χ3n) is 3.09. The molecule has 84 valence electrons. The molecule has 0 aliphatic heterocycles. The molecule has 0 amide bonds. The largest absolute Gasteiger partial charge is 0.496 e. The number of hydrogen-bond donors (Lipinski definition) is 0. The summed E-state index contributed by atoms with van der Waals surface area (Å²) in [5.74, 6) is 1.49. The van der Waals surface area contributed by atoms with Crippen LogP contribution < -0.4 is 4.74 Å². The van der Waals surface area contributed by atoms with Crippen LogP contribution in [0.1, 0.15) is 36.5 Å². The van der Waals surface area contributed by atoms with Crippen molar-refractivity contribution in [1.29, 1.82) is 0 Å². The summed E-state index contributed by atoms with van der Waals surface area (Å²) in [5.41, 5.74) is 3.81. The molecule has 2 unspecified atom stereocenters. The van der Waals surface area contributed by atoms with Gasteiger partial charge >= 0.3 is 0 Å². The van der Waals surface area contributed by atoms with Crippen LogP contribution >= 0.6 is 15.9 Å². The summed E-state index contributed by atoms with van der Waals surface area (Å²) in [6.45, 7) is 8.61. The number of aryl methyl sites for hydroxylation is 1. The van der Waals surface area contributed by atoms with Crippen molar-refractivity contribution >= 4 is 15.9 Å². The first kappa shape index (κ1) is 12.6. The van der Waals surface area contributed by atoms with Crippen LogP contribution in [0.15, 0.2) is 12.1 Å². The van der Waals surface area contributed by atoms with Gasteiger partial charge in [-0.05, 0) is 36.5 Å². The van der Waals surface area contributed by atoms with Crippen LogP contribution in [0.2, 0.25) is 0 Å². The second kappa shape index (κ2) is 5.02. The molecule has 2 heteroatoms. The van der Waals surface area contributed by atoms with Crippen LogP contribution in [0.25, 0.3) is 0 Å². The lowest BCUT2D eigenvalue weighted by Gasteiger charge is -2.20. The van der Waals surface area contributed by atoms with Gasteiger partial charge in [0.25, 0.3) is 0 Å². The first-order chi connectivity index (χ1) is 6.99. The monoisotopic (exact) mass is 270 g/mol. The Kier molecular flexibility index (Phi) is 4.21. The molecule has 0 fully saturated rings. The summed E-state index contributed by atoms with van der Waals surface area (Å²) in [7, 11) is 1.75. The number of ether oxygens (including phenoxy) is 1. The van der Waals surface area contributed by atoms with Crippen molar-refractivity contribution < 1.29 is 4.74 Å². The van der Waals surface area contributed by atoms with Crippen LogP contribution in [-0.4, -0.2) is 11.9 Å². The zero-order valence-electron chi connectivity index (χ0n) is 10.1. The normalized spacial score (nSPS) is 14.8. The molecule has 1 aromatic carbocycles. The Morgan fingerprint density at radius 1 is 1.20 bits per heavy atom. The summed E-state index contributed by atoms with van der Waals surface area (Å²) in [6.07, 6.45) is 0. The van der Waals surface area contributed by atoms with E-state index >= 15 is 0 Å². The molecule has 0 aliphatic rings. The van der Waals surface area contributed by atoms with Crippen LogP contribution in [0.3, 0.4) is 0 Å². The SMILES string of the molecule is COc1c(C(C)C(C)Br)ccc(C)c1C. The Bertz CT molecular complexity index is 345. The van der Waals surface area contributed by atoms with E-state index in [1.165, 1.54) is 16.7 Å². The van der Waals surface area contributed by atoms with Crippen molar-refractivity contribution in [2.75, 3.05) is 7.11 Å². The maximum absolute atomic E-state index is 5.51. The molecule has 0 aromatic heterocycles. The van der Waals surface area contributed by atoms with Gasteiger partial charge in [-0.1, -0.05) is 41.9 Å². The van der Waals surface area contributed by atoms with E-state index in [9.17, 15) is 0 Å². The van der Waals surface area contributed by atoms with Gasteiger partial charge in [0.1, 0.15) is 5.75 Å². The minimum Gasteiger partial charge on any atom is -0.496 e. The van der Waals surface area contributed by atoms with Gasteiger partial charge in [-0.3, -0.25) is 0 Å². The average Bonchev–Trinajstić information content (AvgIpc) is 2.20. The van der Waals surface area contributed by atoms with Gasteiger partial charge in [0.15, 0.2) is 0 Å². The van der Waals surface area contributed by atoms with Crippen molar-refractivity contribution in [2.45, 2.75) is 38.4 Å². The fourth-order valence-electron chi connectivity index (χ4n) is 1.69. The minimum absolute atomic E-state index is 0.452. The lowest BCUT2D eigenvalue weighted by atomic mass is 9.93. The van der Waals surface area contributed by atoms with Crippen LogP contribution in [0, 0.1) is 13.8 Å². The Hall–Kier alpha value is -0.500. The molecule has 0 radical (unpaired) electrons. The molecule has 0 saturated heterocycles. The predicted molar refractivity (Wildman–Crippen MR) is 69.3 cm³/mol. The molecule has 0 heterocycles. The molecule has 1 aromatic rings. The third kappa shape index (κ3) is 2.54. The van der Waals surface area contributed by atoms with Crippen molar-refractivity contribution in [3.05, 3.63) is 28.8 Å². The molecule has 15 heavy (non-hydrogen) atoms. The Morgan fingerprint density at radius 2 is 1.80 bits per heavy atom. The maximum atomic E-state index is 5.51. The summed E-state index contributed by atoms with van der Waals surface area (Å²) in [4.78, 5) is 0.452. The quantitative estimate of drug-likeness (QED) is 0.749. The van der Waals surface area contributed by atoms with E-state index < -0.39 is 0 Å².